The van der Waals surface area contributed by atoms with E-state index in [1.807, 2.05) is 0 Å². The van der Waals surface area contributed by atoms with Gasteiger partial charge < -0.3 is 10.2 Å². The van der Waals surface area contributed by atoms with Crippen LogP contribution in [0.3, 0.4) is 0 Å². The van der Waals surface area contributed by atoms with Gasteiger partial charge >= 0.3 is 0 Å². The number of piperidine rings is 1. The molecule has 2 aliphatic heterocycles. The first kappa shape index (κ1) is 15.7. The van der Waals surface area contributed by atoms with Crippen molar-refractivity contribution in [1.29, 1.82) is 0 Å². The zero-order valence-electron chi connectivity index (χ0n) is 11.8. The van der Waals surface area contributed by atoms with Crippen LogP contribution < -0.4 is 5.32 Å². The van der Waals surface area contributed by atoms with E-state index in [1.165, 1.54) is 17.1 Å². The average molecular weight is 316 g/mol. The summed E-state index contributed by atoms with van der Waals surface area (Å²) < 4.78 is 0. The molecule has 1 aromatic rings. The number of aromatic nitrogens is 1. The average Bonchev–Trinajstić information content (AvgIpc) is 2.85. The van der Waals surface area contributed by atoms with E-state index in [0.717, 1.165) is 39.0 Å². The topological polar surface area (TPSA) is 45.2 Å². The third kappa shape index (κ3) is 3.15. The summed E-state index contributed by atoms with van der Waals surface area (Å²) in [6.07, 6.45) is 3.28. The lowest BCUT2D eigenvalue weighted by molar-refractivity contribution is -0.138. The number of halogens is 1. The Hall–Kier alpha value is -0.650. The molecular formula is C14H22ClN3OS. The Labute approximate surface area is 130 Å². The van der Waals surface area contributed by atoms with Gasteiger partial charge in [0.15, 0.2) is 0 Å². The summed E-state index contributed by atoms with van der Waals surface area (Å²) >= 11 is 1.76. The molecule has 0 spiro atoms. The number of amides is 1. The third-order valence-corrected chi connectivity index (χ3v) is 5.20. The molecule has 0 aromatic carbocycles. The van der Waals surface area contributed by atoms with Gasteiger partial charge in [-0.15, -0.1) is 23.7 Å². The van der Waals surface area contributed by atoms with Crippen LogP contribution in [0.25, 0.3) is 0 Å². The molecule has 4 nitrogen and oxygen atoms in total. The highest BCUT2D eigenvalue weighted by Crippen LogP contribution is 2.30. The van der Waals surface area contributed by atoms with Crippen molar-refractivity contribution in [2.75, 3.05) is 26.2 Å². The number of rotatable bonds is 3. The molecule has 0 radical (unpaired) electrons. The zero-order valence-corrected chi connectivity index (χ0v) is 13.4. The van der Waals surface area contributed by atoms with Crippen molar-refractivity contribution in [1.82, 2.24) is 15.2 Å². The summed E-state index contributed by atoms with van der Waals surface area (Å²) in [7, 11) is 0. The van der Waals surface area contributed by atoms with E-state index in [-0.39, 0.29) is 18.3 Å². The highest BCUT2D eigenvalue weighted by Gasteiger charge is 2.33. The van der Waals surface area contributed by atoms with Crippen molar-refractivity contribution in [2.45, 2.75) is 32.1 Å². The maximum Gasteiger partial charge on any atom is 0.228 e. The molecule has 1 aromatic heterocycles. The van der Waals surface area contributed by atoms with E-state index < -0.39 is 0 Å². The number of thiazole rings is 1. The van der Waals surface area contributed by atoms with E-state index in [4.69, 9.17) is 4.98 Å². The highest BCUT2D eigenvalue weighted by molar-refractivity contribution is 7.09. The minimum atomic E-state index is 0. The smallest absolute Gasteiger partial charge is 0.228 e. The third-order valence-electron chi connectivity index (χ3n) is 4.14. The van der Waals surface area contributed by atoms with Gasteiger partial charge in [-0.1, -0.05) is 6.92 Å². The van der Waals surface area contributed by atoms with Gasteiger partial charge in [-0.2, -0.15) is 0 Å². The molecule has 1 atom stereocenters. The van der Waals surface area contributed by atoms with Crippen LogP contribution in [-0.4, -0.2) is 42.0 Å². The standard InChI is InChI=1S/C14H21N3OS.ClH/c1-2-12-9-19-13(16-12)10-4-3-5-17(8-10)14(18)11-6-15-7-11;/h9-11,15H,2-8H2,1H3;1H. The lowest BCUT2D eigenvalue weighted by atomic mass is 9.95. The lowest BCUT2D eigenvalue weighted by Crippen LogP contribution is -2.53. The molecule has 1 unspecified atom stereocenters. The van der Waals surface area contributed by atoms with Crippen molar-refractivity contribution in [3.8, 4) is 0 Å². The van der Waals surface area contributed by atoms with Crippen LogP contribution in [0.4, 0.5) is 0 Å². The molecule has 1 amide bonds. The Balaban J connectivity index is 0.00000147. The SMILES string of the molecule is CCc1csc(C2CCCN(C(=O)C3CNC3)C2)n1.Cl. The van der Waals surface area contributed by atoms with Crippen molar-refractivity contribution in [3.05, 3.63) is 16.1 Å². The summed E-state index contributed by atoms with van der Waals surface area (Å²) in [6.45, 7) is 5.65. The summed E-state index contributed by atoms with van der Waals surface area (Å²) in [4.78, 5) is 19.0. The summed E-state index contributed by atoms with van der Waals surface area (Å²) in [5, 5.41) is 6.56. The summed E-state index contributed by atoms with van der Waals surface area (Å²) in [6, 6.07) is 0. The second-order valence-corrected chi connectivity index (χ2v) is 6.40. The van der Waals surface area contributed by atoms with Gasteiger partial charge in [0.05, 0.1) is 16.6 Å². The van der Waals surface area contributed by atoms with Crippen LogP contribution in [0.5, 0.6) is 0 Å². The highest BCUT2D eigenvalue weighted by atomic mass is 35.5. The lowest BCUT2D eigenvalue weighted by Gasteiger charge is -2.37. The Kier molecular flexibility index (Phi) is 5.41. The summed E-state index contributed by atoms with van der Waals surface area (Å²) in [5.74, 6) is 1.02. The fourth-order valence-corrected chi connectivity index (χ4v) is 3.80. The van der Waals surface area contributed by atoms with Gasteiger partial charge in [-0.05, 0) is 19.3 Å². The second kappa shape index (κ2) is 6.87. The first-order chi connectivity index (χ1) is 9.28. The molecular weight excluding hydrogens is 294 g/mol. The maximum atomic E-state index is 12.3. The van der Waals surface area contributed by atoms with Crippen LogP contribution in [0.2, 0.25) is 0 Å². The van der Waals surface area contributed by atoms with Crippen molar-refractivity contribution >= 4 is 29.7 Å². The molecule has 0 bridgehead atoms. The number of hydrogen-bond acceptors (Lipinski definition) is 4. The van der Waals surface area contributed by atoms with Crippen molar-refractivity contribution in [3.63, 3.8) is 0 Å². The molecule has 2 saturated heterocycles. The van der Waals surface area contributed by atoms with Gasteiger partial charge in [0, 0.05) is 37.5 Å². The number of likely N-dealkylation sites (tertiary alicyclic amines) is 1. The van der Waals surface area contributed by atoms with Crippen LogP contribution in [0, 0.1) is 5.92 Å². The molecule has 0 saturated carbocycles. The Morgan fingerprint density at radius 1 is 1.55 bits per heavy atom. The Bertz CT molecular complexity index is 461. The minimum Gasteiger partial charge on any atom is -0.342 e. The second-order valence-electron chi connectivity index (χ2n) is 5.51. The zero-order chi connectivity index (χ0) is 13.2. The largest absolute Gasteiger partial charge is 0.342 e. The first-order valence-corrected chi connectivity index (χ1v) is 8.09. The van der Waals surface area contributed by atoms with Gasteiger partial charge in [0.2, 0.25) is 5.91 Å². The minimum absolute atomic E-state index is 0. The van der Waals surface area contributed by atoms with Crippen LogP contribution in [0.1, 0.15) is 36.4 Å². The maximum absolute atomic E-state index is 12.3. The molecule has 3 heterocycles. The monoisotopic (exact) mass is 315 g/mol. The van der Waals surface area contributed by atoms with E-state index >= 15 is 0 Å². The number of carbonyl (C=O) groups excluding carboxylic acids is 1. The van der Waals surface area contributed by atoms with Gasteiger partial charge in [-0.25, -0.2) is 4.98 Å². The fourth-order valence-electron chi connectivity index (χ4n) is 2.77. The molecule has 2 fully saturated rings. The number of nitrogens with zero attached hydrogens (tertiary/aromatic N) is 2. The van der Waals surface area contributed by atoms with Crippen molar-refractivity contribution in [2.24, 2.45) is 5.92 Å². The van der Waals surface area contributed by atoms with Crippen LogP contribution in [0.15, 0.2) is 5.38 Å². The molecule has 1 N–H and O–H groups in total. The Morgan fingerprint density at radius 3 is 2.95 bits per heavy atom. The molecule has 2 aliphatic rings. The molecule has 112 valence electrons. The van der Waals surface area contributed by atoms with E-state index in [1.54, 1.807) is 11.3 Å². The molecule has 3 rings (SSSR count). The van der Waals surface area contributed by atoms with Gasteiger partial charge in [0.25, 0.3) is 0 Å². The fraction of sp³-hybridized carbons (Fsp3) is 0.714. The van der Waals surface area contributed by atoms with Gasteiger partial charge in [-0.3, -0.25) is 4.79 Å². The first-order valence-electron chi connectivity index (χ1n) is 7.21. The number of nitrogens with one attached hydrogen (secondary N) is 1. The van der Waals surface area contributed by atoms with Crippen LogP contribution in [-0.2, 0) is 11.2 Å². The molecule has 20 heavy (non-hydrogen) atoms. The van der Waals surface area contributed by atoms with E-state index in [0.29, 0.717) is 11.8 Å². The number of aryl methyl sites for hydroxylation is 1. The normalized spacial score (nSPS) is 23.1. The number of carbonyl (C=O) groups is 1. The number of hydrogen-bond donors (Lipinski definition) is 1. The Morgan fingerprint density at radius 2 is 2.35 bits per heavy atom. The van der Waals surface area contributed by atoms with E-state index in [2.05, 4.69) is 22.5 Å². The molecule has 6 heteroatoms. The van der Waals surface area contributed by atoms with E-state index in [9.17, 15) is 4.79 Å². The predicted octanol–water partition coefficient (Wildman–Crippen LogP) is 2.05. The van der Waals surface area contributed by atoms with Gasteiger partial charge in [0.1, 0.15) is 0 Å². The quantitative estimate of drug-likeness (QED) is 0.928. The summed E-state index contributed by atoms with van der Waals surface area (Å²) in [5.41, 5.74) is 1.19. The molecule has 0 aliphatic carbocycles. The predicted molar refractivity (Wildman–Crippen MR) is 83.7 cm³/mol. The van der Waals surface area contributed by atoms with Crippen LogP contribution >= 0.6 is 23.7 Å². The van der Waals surface area contributed by atoms with Crippen molar-refractivity contribution < 1.29 is 4.79 Å².